The fraction of sp³-hybridized carbons (Fsp3) is 0.639. The SMILES string of the molecule is COC[C@@H]1CCN1c1nc(OC[C@@]23CC(CC(C)(O)C4CCN4c4nc(OCC56CCCN5CC(F)C6)nc5c4COC4(CCCc6ccc(N)c(C#N)c64)C5)CN2C[C@H](F)C3)nc2c1CO[C@@]1(CCCc3ccc(N)c(C#N)c31)C2. The Morgan fingerprint density at radius 1 is 0.716 bits per heavy atom. The molecule has 20 heteroatoms. The first-order chi connectivity index (χ1) is 39.2. The van der Waals surface area contributed by atoms with Gasteiger partial charge in [0.05, 0.1) is 71.1 Å². The van der Waals surface area contributed by atoms with E-state index in [0.29, 0.717) is 106 Å². The number of benzene rings is 2. The van der Waals surface area contributed by atoms with Crippen LogP contribution >= 0.6 is 0 Å². The molecule has 6 saturated heterocycles. The number of nitrogens with two attached hydrogens (primary N) is 2. The minimum atomic E-state index is -1.18. The van der Waals surface area contributed by atoms with Gasteiger partial charge in [0.1, 0.15) is 60.5 Å². The molecule has 6 unspecified atom stereocenters. The first-order valence-electron chi connectivity index (χ1n) is 29.7. The standard InChI is InChI=1S/C61H74F2N12O6/c1-57(76,50-13-19-75(50)54-45-33-81-61(16-4-7-38-9-11-47(67)43(27-65)52(38)61)25-49(45)69-56(71-54)78-34-58-14-5-17-72(58)29-39(62)22-58)20-36-21-59(23-40(63)30-73(59)28-36)35-79-55-68-48-24-60(15-3-6-37-8-10-46(66)42(26-64)51(37)60)80-32-44(48)53(70-55)74-18-12-41(74)31-77-2/h8-11,36,39-41,50,76H,3-7,12-25,28-35,66-67H2,1-2H3/t36?,39?,40-,41+,50?,57?,58?,59+,60+,61?/m1/s1. The molecule has 10 atom stereocenters. The summed E-state index contributed by atoms with van der Waals surface area (Å²) in [5.41, 5.74) is 18.0. The third kappa shape index (κ3) is 8.70. The van der Waals surface area contributed by atoms with Crippen LogP contribution in [-0.4, -0.2) is 142 Å². The zero-order valence-electron chi connectivity index (χ0n) is 46.7. The topological polar surface area (TPSA) is 231 Å². The van der Waals surface area contributed by atoms with E-state index in [4.69, 9.17) is 55.1 Å². The molecule has 0 amide bonds. The summed E-state index contributed by atoms with van der Waals surface area (Å²) in [6, 6.07) is 12.7. The highest BCUT2D eigenvalue weighted by atomic mass is 19.1. The lowest BCUT2D eigenvalue weighted by molar-refractivity contribution is -0.0860. The summed E-state index contributed by atoms with van der Waals surface area (Å²) in [6.45, 7) is 6.93. The lowest BCUT2D eigenvalue weighted by Gasteiger charge is -2.51. The van der Waals surface area contributed by atoms with E-state index in [9.17, 15) is 20.0 Å². The number of nitrogen functional groups attached to an aromatic ring is 2. The molecule has 0 saturated carbocycles. The van der Waals surface area contributed by atoms with Gasteiger partial charge >= 0.3 is 12.0 Å². The Balaban J connectivity index is 0.729. The Kier molecular flexibility index (Phi) is 13.0. The van der Waals surface area contributed by atoms with E-state index in [-0.39, 0.29) is 63.0 Å². The number of hydrogen-bond donors (Lipinski definition) is 3. The second-order valence-corrected chi connectivity index (χ2v) is 25.8. The van der Waals surface area contributed by atoms with Crippen molar-refractivity contribution >= 4 is 23.0 Å². The number of nitriles is 2. The second kappa shape index (κ2) is 19.8. The minimum Gasteiger partial charge on any atom is -0.461 e. The van der Waals surface area contributed by atoms with Crippen LogP contribution in [0.15, 0.2) is 24.3 Å². The molecule has 10 heterocycles. The number of alkyl halides is 2. The van der Waals surface area contributed by atoms with E-state index in [1.54, 1.807) is 7.11 Å². The van der Waals surface area contributed by atoms with Crippen molar-refractivity contribution in [2.24, 2.45) is 5.92 Å². The van der Waals surface area contributed by atoms with E-state index in [1.807, 2.05) is 31.2 Å². The van der Waals surface area contributed by atoms with Crippen LogP contribution in [0.4, 0.5) is 31.8 Å². The summed E-state index contributed by atoms with van der Waals surface area (Å²) < 4.78 is 63.7. The van der Waals surface area contributed by atoms with Gasteiger partial charge in [-0.25, -0.2) is 8.78 Å². The van der Waals surface area contributed by atoms with Crippen molar-refractivity contribution in [1.82, 2.24) is 29.7 Å². The maximum atomic E-state index is 15.8. The molecule has 8 aliphatic heterocycles. The smallest absolute Gasteiger partial charge is 0.318 e. The quantitative estimate of drug-likeness (QED) is 0.120. The Hall–Kier alpha value is -6.00. The number of aryl methyl sites for hydroxylation is 2. The normalized spacial score (nSPS) is 32.6. The Morgan fingerprint density at radius 3 is 1.84 bits per heavy atom. The van der Waals surface area contributed by atoms with E-state index in [1.165, 1.54) is 0 Å². The first kappa shape index (κ1) is 53.0. The van der Waals surface area contributed by atoms with Gasteiger partial charge in [-0.05, 0) is 120 Å². The number of aromatic nitrogens is 4. The van der Waals surface area contributed by atoms with E-state index < -0.39 is 40.2 Å². The molecular formula is C61H74F2N12O6. The van der Waals surface area contributed by atoms with Crippen molar-refractivity contribution in [3.8, 4) is 24.2 Å². The highest BCUT2D eigenvalue weighted by Crippen LogP contribution is 2.53. The summed E-state index contributed by atoms with van der Waals surface area (Å²) in [5.74, 6) is 1.44. The van der Waals surface area contributed by atoms with Gasteiger partial charge in [0, 0.05) is 99.1 Å². The molecule has 428 valence electrons. The number of nitrogens with zero attached hydrogens (tertiary/aromatic N) is 10. The molecule has 6 fully saturated rings. The molecule has 0 bridgehead atoms. The van der Waals surface area contributed by atoms with Crippen LogP contribution in [0.3, 0.4) is 0 Å². The lowest BCUT2D eigenvalue weighted by atomic mass is 9.72. The van der Waals surface area contributed by atoms with Gasteiger partial charge in [0.2, 0.25) is 0 Å². The maximum absolute atomic E-state index is 15.8. The molecule has 2 aliphatic carbocycles. The summed E-state index contributed by atoms with van der Waals surface area (Å²) in [4.78, 5) is 29.4. The Labute approximate surface area is 472 Å². The molecule has 0 radical (unpaired) electrons. The molecule has 2 aromatic carbocycles. The van der Waals surface area contributed by atoms with Crippen LogP contribution in [0, 0.1) is 28.6 Å². The van der Waals surface area contributed by atoms with Gasteiger partial charge in [0.25, 0.3) is 0 Å². The fourth-order valence-electron chi connectivity index (χ4n) is 17.0. The number of methoxy groups -OCH3 is 1. The van der Waals surface area contributed by atoms with Gasteiger partial charge in [0.15, 0.2) is 0 Å². The van der Waals surface area contributed by atoms with Gasteiger partial charge in [-0.2, -0.15) is 30.5 Å². The molecule has 5 N–H and O–H groups in total. The fourth-order valence-corrected chi connectivity index (χ4v) is 17.0. The van der Waals surface area contributed by atoms with Gasteiger partial charge in [-0.15, -0.1) is 0 Å². The highest BCUT2D eigenvalue weighted by molar-refractivity contribution is 5.65. The predicted octanol–water partition coefficient (Wildman–Crippen LogP) is 6.56. The predicted molar refractivity (Wildman–Crippen MR) is 296 cm³/mol. The van der Waals surface area contributed by atoms with Crippen molar-refractivity contribution < 1.29 is 37.6 Å². The number of fused-ring (bicyclic) bond motifs is 8. The Morgan fingerprint density at radius 2 is 1.28 bits per heavy atom. The molecule has 4 aromatic rings. The van der Waals surface area contributed by atoms with Crippen molar-refractivity contribution in [3.05, 3.63) is 80.2 Å². The lowest BCUT2D eigenvalue weighted by Crippen LogP contribution is -2.61. The van der Waals surface area contributed by atoms with Crippen LogP contribution < -0.4 is 30.7 Å². The monoisotopic (exact) mass is 1110 g/mol. The molecule has 2 spiro atoms. The van der Waals surface area contributed by atoms with Crippen molar-refractivity contribution in [2.75, 3.05) is 87.5 Å². The van der Waals surface area contributed by atoms with E-state index in [2.05, 4.69) is 31.7 Å². The van der Waals surface area contributed by atoms with Crippen molar-refractivity contribution in [2.45, 2.75) is 175 Å². The minimum absolute atomic E-state index is 0.0217. The summed E-state index contributed by atoms with van der Waals surface area (Å²) in [6.07, 6.45) is 9.01. The third-order valence-corrected chi connectivity index (χ3v) is 20.9. The van der Waals surface area contributed by atoms with Crippen molar-refractivity contribution in [1.29, 1.82) is 10.5 Å². The average molecular weight is 1110 g/mol. The number of hydrogen-bond acceptors (Lipinski definition) is 18. The zero-order chi connectivity index (χ0) is 55.6. The zero-order valence-corrected chi connectivity index (χ0v) is 46.7. The van der Waals surface area contributed by atoms with Crippen LogP contribution in [-0.2, 0) is 64.3 Å². The van der Waals surface area contributed by atoms with Crippen LogP contribution in [0.2, 0.25) is 0 Å². The second-order valence-electron chi connectivity index (χ2n) is 25.8. The van der Waals surface area contributed by atoms with Gasteiger partial charge in [-0.1, -0.05) is 12.1 Å². The molecular weight excluding hydrogens is 1030 g/mol. The molecule has 2 aromatic heterocycles. The average Bonchev–Trinajstić information content (AvgIpc) is 3.69. The van der Waals surface area contributed by atoms with Crippen LogP contribution in [0.1, 0.15) is 140 Å². The van der Waals surface area contributed by atoms with Crippen LogP contribution in [0.5, 0.6) is 12.0 Å². The summed E-state index contributed by atoms with van der Waals surface area (Å²) in [5, 5.41) is 33.7. The maximum Gasteiger partial charge on any atom is 0.318 e. The van der Waals surface area contributed by atoms with Gasteiger partial charge < -0.3 is 50.1 Å². The number of anilines is 4. The van der Waals surface area contributed by atoms with Gasteiger partial charge in [-0.3, -0.25) is 9.80 Å². The first-order valence-corrected chi connectivity index (χ1v) is 29.7. The number of aliphatic hydroxyl groups is 1. The summed E-state index contributed by atoms with van der Waals surface area (Å²) >= 11 is 0. The highest BCUT2D eigenvalue weighted by Gasteiger charge is 2.56. The molecule has 14 rings (SSSR count). The van der Waals surface area contributed by atoms with Crippen LogP contribution in [0.25, 0.3) is 0 Å². The Bertz CT molecular complexity index is 3270. The molecule has 81 heavy (non-hydrogen) atoms. The third-order valence-electron chi connectivity index (χ3n) is 20.9. The van der Waals surface area contributed by atoms with E-state index in [0.717, 1.165) is 115 Å². The molecule has 10 aliphatic rings. The summed E-state index contributed by atoms with van der Waals surface area (Å²) in [7, 11) is 1.71. The largest absolute Gasteiger partial charge is 0.461 e. The van der Waals surface area contributed by atoms with Crippen molar-refractivity contribution in [3.63, 3.8) is 0 Å². The number of rotatable bonds is 13. The molecule has 18 nitrogen and oxygen atoms in total. The number of halogens is 2. The number of ether oxygens (including phenoxy) is 5. The van der Waals surface area contributed by atoms with E-state index >= 15 is 4.39 Å².